The Bertz CT molecular complexity index is 682. The molecule has 0 aliphatic carbocycles. The molecule has 2 aromatic rings. The number of benzene rings is 2. The molecule has 0 saturated carbocycles. The Morgan fingerprint density at radius 1 is 1.04 bits per heavy atom. The molecule has 27 heavy (non-hydrogen) atoms. The Hall–Kier alpha value is -2.04. The van der Waals surface area contributed by atoms with Crippen molar-refractivity contribution in [2.45, 2.75) is 44.2 Å². The molecule has 0 amide bonds. The maximum Gasteiger partial charge on any atom is 0.118 e. The Morgan fingerprint density at radius 2 is 1.67 bits per heavy atom. The van der Waals surface area contributed by atoms with E-state index in [4.69, 9.17) is 4.74 Å². The SMILES string of the molecule is CCCOC1(c2ccccc2)CCN(CCC(N=O)c2ccccc2)CC1. The van der Waals surface area contributed by atoms with Crippen LogP contribution in [0, 0.1) is 4.91 Å². The highest BCUT2D eigenvalue weighted by molar-refractivity contribution is 5.24. The quantitative estimate of drug-likeness (QED) is 0.565. The van der Waals surface area contributed by atoms with Crippen LogP contribution in [0.25, 0.3) is 0 Å². The number of rotatable bonds is 9. The second-order valence-electron chi connectivity index (χ2n) is 7.37. The van der Waals surface area contributed by atoms with Gasteiger partial charge in [-0.25, -0.2) is 0 Å². The van der Waals surface area contributed by atoms with Crippen LogP contribution in [0.4, 0.5) is 0 Å². The monoisotopic (exact) mass is 366 g/mol. The van der Waals surface area contributed by atoms with Crippen LogP contribution < -0.4 is 0 Å². The molecule has 3 rings (SSSR count). The molecule has 2 aromatic carbocycles. The highest BCUT2D eigenvalue weighted by Crippen LogP contribution is 2.37. The predicted octanol–water partition coefficient (Wildman–Crippen LogP) is 5.30. The molecule has 1 atom stereocenters. The standard InChI is InChI=1S/C23H30N2O2/c1-2-19-27-23(21-11-7-4-8-12-21)14-17-25(18-15-23)16-13-22(24-26)20-9-5-3-6-10-20/h3-12,22H,2,13-19H2,1H3. The highest BCUT2D eigenvalue weighted by Gasteiger charge is 2.37. The van der Waals surface area contributed by atoms with Crippen molar-refractivity contribution < 1.29 is 4.74 Å². The summed E-state index contributed by atoms with van der Waals surface area (Å²) < 4.78 is 6.38. The lowest BCUT2D eigenvalue weighted by Crippen LogP contribution is -2.44. The van der Waals surface area contributed by atoms with Crippen LogP contribution in [0.15, 0.2) is 65.8 Å². The van der Waals surface area contributed by atoms with Gasteiger partial charge in [0.1, 0.15) is 6.04 Å². The molecule has 1 aliphatic rings. The Morgan fingerprint density at radius 3 is 2.26 bits per heavy atom. The van der Waals surface area contributed by atoms with Crippen molar-refractivity contribution in [3.8, 4) is 0 Å². The number of likely N-dealkylation sites (tertiary alicyclic amines) is 1. The molecular formula is C23H30N2O2. The number of nitroso groups, excluding NO2 is 1. The summed E-state index contributed by atoms with van der Waals surface area (Å²) in [4.78, 5) is 13.7. The van der Waals surface area contributed by atoms with Gasteiger partial charge in [0.25, 0.3) is 0 Å². The molecule has 0 aromatic heterocycles. The first-order valence-electron chi connectivity index (χ1n) is 10.1. The van der Waals surface area contributed by atoms with E-state index in [0.29, 0.717) is 0 Å². The average Bonchev–Trinajstić information content (AvgIpc) is 2.75. The van der Waals surface area contributed by atoms with Crippen LogP contribution >= 0.6 is 0 Å². The maximum absolute atomic E-state index is 11.3. The minimum absolute atomic E-state index is 0.171. The van der Waals surface area contributed by atoms with Gasteiger partial charge in [-0.3, -0.25) is 0 Å². The summed E-state index contributed by atoms with van der Waals surface area (Å²) in [6.45, 7) is 5.81. The van der Waals surface area contributed by atoms with Crippen LogP contribution in [0.3, 0.4) is 0 Å². The van der Waals surface area contributed by atoms with E-state index in [1.165, 1.54) is 5.56 Å². The first-order valence-corrected chi connectivity index (χ1v) is 10.1. The summed E-state index contributed by atoms with van der Waals surface area (Å²) in [5, 5.41) is 3.36. The third-order valence-corrected chi connectivity index (χ3v) is 5.58. The fourth-order valence-corrected chi connectivity index (χ4v) is 3.95. The van der Waals surface area contributed by atoms with E-state index in [1.54, 1.807) is 0 Å². The van der Waals surface area contributed by atoms with Crippen molar-refractivity contribution in [3.63, 3.8) is 0 Å². The van der Waals surface area contributed by atoms with E-state index in [0.717, 1.165) is 57.5 Å². The summed E-state index contributed by atoms with van der Waals surface area (Å²) in [7, 11) is 0. The van der Waals surface area contributed by atoms with Gasteiger partial charge in [0.2, 0.25) is 0 Å². The first kappa shape index (κ1) is 19.7. The molecular weight excluding hydrogens is 336 g/mol. The second-order valence-corrected chi connectivity index (χ2v) is 7.37. The molecule has 4 nitrogen and oxygen atoms in total. The lowest BCUT2D eigenvalue weighted by molar-refractivity contribution is -0.0898. The second kappa shape index (κ2) is 9.77. The Kier molecular flexibility index (Phi) is 7.13. The molecule has 0 spiro atoms. The minimum Gasteiger partial charge on any atom is -0.370 e. The largest absolute Gasteiger partial charge is 0.370 e. The van der Waals surface area contributed by atoms with Crippen LogP contribution in [0.2, 0.25) is 0 Å². The normalized spacial score (nSPS) is 18.1. The van der Waals surface area contributed by atoms with Gasteiger partial charge in [0.15, 0.2) is 0 Å². The number of ether oxygens (including phenoxy) is 1. The van der Waals surface area contributed by atoms with Gasteiger partial charge >= 0.3 is 0 Å². The van der Waals surface area contributed by atoms with Crippen molar-refractivity contribution in [2.75, 3.05) is 26.2 Å². The summed E-state index contributed by atoms with van der Waals surface area (Å²) in [6.07, 6.45) is 3.77. The highest BCUT2D eigenvalue weighted by atomic mass is 16.5. The fourth-order valence-electron chi connectivity index (χ4n) is 3.95. The van der Waals surface area contributed by atoms with Gasteiger partial charge in [-0.05, 0) is 36.8 Å². The average molecular weight is 367 g/mol. The molecule has 1 heterocycles. The molecule has 0 N–H and O–H groups in total. The summed E-state index contributed by atoms with van der Waals surface area (Å²) in [5.74, 6) is 0. The number of piperidine rings is 1. The van der Waals surface area contributed by atoms with Crippen LogP contribution in [-0.2, 0) is 10.3 Å². The number of hydrogen-bond acceptors (Lipinski definition) is 4. The summed E-state index contributed by atoms with van der Waals surface area (Å²) in [6, 6.07) is 20.2. The molecule has 0 bridgehead atoms. The zero-order valence-corrected chi connectivity index (χ0v) is 16.2. The minimum atomic E-state index is -0.261. The molecule has 1 aliphatic heterocycles. The number of hydrogen-bond donors (Lipinski definition) is 0. The van der Waals surface area contributed by atoms with Crippen LogP contribution in [0.1, 0.15) is 49.8 Å². The zero-order chi connectivity index (χ0) is 19.0. The van der Waals surface area contributed by atoms with Crippen molar-refractivity contribution in [1.29, 1.82) is 0 Å². The van der Waals surface area contributed by atoms with E-state index >= 15 is 0 Å². The zero-order valence-electron chi connectivity index (χ0n) is 16.2. The van der Waals surface area contributed by atoms with Crippen LogP contribution in [-0.4, -0.2) is 31.1 Å². The number of nitrogens with zero attached hydrogens (tertiary/aromatic N) is 2. The van der Waals surface area contributed by atoms with Gasteiger partial charge in [0, 0.05) is 26.2 Å². The van der Waals surface area contributed by atoms with Crippen molar-refractivity contribution >= 4 is 0 Å². The third-order valence-electron chi connectivity index (χ3n) is 5.58. The van der Waals surface area contributed by atoms with Gasteiger partial charge in [0.05, 0.1) is 5.60 Å². The van der Waals surface area contributed by atoms with Crippen molar-refractivity contribution in [1.82, 2.24) is 4.90 Å². The summed E-state index contributed by atoms with van der Waals surface area (Å²) in [5.41, 5.74) is 2.12. The molecule has 0 radical (unpaired) electrons. The molecule has 1 saturated heterocycles. The van der Waals surface area contributed by atoms with E-state index in [1.807, 2.05) is 30.3 Å². The van der Waals surface area contributed by atoms with Crippen molar-refractivity contribution in [3.05, 3.63) is 76.7 Å². The fraction of sp³-hybridized carbons (Fsp3) is 0.478. The van der Waals surface area contributed by atoms with E-state index in [9.17, 15) is 4.91 Å². The Balaban J connectivity index is 1.58. The Labute approximate surface area is 162 Å². The topological polar surface area (TPSA) is 41.9 Å². The molecule has 1 fully saturated rings. The third kappa shape index (κ3) is 5.02. The van der Waals surface area contributed by atoms with Gasteiger partial charge < -0.3 is 9.64 Å². The maximum atomic E-state index is 11.3. The van der Waals surface area contributed by atoms with Crippen LogP contribution in [0.5, 0.6) is 0 Å². The van der Waals surface area contributed by atoms with Gasteiger partial charge in [-0.15, -0.1) is 0 Å². The van der Waals surface area contributed by atoms with Gasteiger partial charge in [-0.2, -0.15) is 4.91 Å². The molecule has 4 heteroatoms. The first-order chi connectivity index (χ1) is 13.3. The predicted molar refractivity (Wildman–Crippen MR) is 110 cm³/mol. The lowest BCUT2D eigenvalue weighted by atomic mass is 9.84. The van der Waals surface area contributed by atoms with Gasteiger partial charge in [-0.1, -0.05) is 72.8 Å². The van der Waals surface area contributed by atoms with E-state index in [-0.39, 0.29) is 11.6 Å². The molecule has 1 unspecified atom stereocenters. The van der Waals surface area contributed by atoms with E-state index in [2.05, 4.69) is 47.3 Å². The van der Waals surface area contributed by atoms with E-state index < -0.39 is 0 Å². The molecule has 144 valence electrons. The summed E-state index contributed by atoms with van der Waals surface area (Å²) >= 11 is 0. The van der Waals surface area contributed by atoms with Crippen molar-refractivity contribution in [2.24, 2.45) is 5.18 Å². The smallest absolute Gasteiger partial charge is 0.118 e. The lowest BCUT2D eigenvalue weighted by Gasteiger charge is -2.42.